The van der Waals surface area contributed by atoms with Gasteiger partial charge in [0.2, 0.25) is 5.91 Å². The Morgan fingerprint density at radius 2 is 2.11 bits per heavy atom. The van der Waals surface area contributed by atoms with E-state index in [1.54, 1.807) is 18.2 Å². The monoisotopic (exact) mass is 251 g/mol. The number of benzene rings is 1. The first-order valence-corrected chi connectivity index (χ1v) is 5.54. The summed E-state index contributed by atoms with van der Waals surface area (Å²) in [4.78, 5) is 22.4. The van der Waals surface area contributed by atoms with E-state index in [0.717, 1.165) is 0 Å². The molecule has 0 radical (unpaired) electrons. The van der Waals surface area contributed by atoms with Gasteiger partial charge < -0.3 is 21.5 Å². The van der Waals surface area contributed by atoms with Crippen molar-refractivity contribution >= 4 is 17.5 Å². The van der Waals surface area contributed by atoms with Gasteiger partial charge in [0.25, 0.3) is 5.91 Å². The lowest BCUT2D eigenvalue weighted by atomic mass is 10.1. The maximum atomic E-state index is 11.9. The highest BCUT2D eigenvalue weighted by Gasteiger charge is 2.12. The molecule has 0 fully saturated rings. The van der Waals surface area contributed by atoms with E-state index in [1.165, 1.54) is 7.11 Å². The molecule has 0 aliphatic heterocycles. The summed E-state index contributed by atoms with van der Waals surface area (Å²) in [5.41, 5.74) is 11.5. The Kier molecular flexibility index (Phi) is 4.98. The molecule has 0 aromatic heterocycles. The number of methoxy groups -OCH3 is 1. The van der Waals surface area contributed by atoms with Crippen molar-refractivity contribution in [2.75, 3.05) is 19.4 Å². The lowest BCUT2D eigenvalue weighted by Crippen LogP contribution is -2.26. The number of primary amides is 1. The van der Waals surface area contributed by atoms with E-state index in [-0.39, 0.29) is 18.2 Å². The Balaban J connectivity index is 2.60. The largest absolute Gasteiger partial charge is 0.496 e. The summed E-state index contributed by atoms with van der Waals surface area (Å²) in [6.07, 6.45) is 0.750. The molecule has 0 bridgehead atoms. The van der Waals surface area contributed by atoms with Crippen LogP contribution < -0.4 is 21.5 Å². The minimum Gasteiger partial charge on any atom is -0.496 e. The van der Waals surface area contributed by atoms with Gasteiger partial charge >= 0.3 is 0 Å². The molecule has 6 nitrogen and oxygen atoms in total. The minimum atomic E-state index is -0.384. The topological polar surface area (TPSA) is 107 Å². The van der Waals surface area contributed by atoms with Crippen LogP contribution in [0.5, 0.6) is 5.75 Å². The second-order valence-corrected chi connectivity index (χ2v) is 3.79. The highest BCUT2D eigenvalue weighted by Crippen LogP contribution is 2.20. The second kappa shape index (κ2) is 6.48. The van der Waals surface area contributed by atoms with Gasteiger partial charge in [-0.15, -0.1) is 0 Å². The zero-order valence-corrected chi connectivity index (χ0v) is 10.2. The number of carbonyl (C=O) groups is 2. The molecule has 0 heterocycles. The van der Waals surface area contributed by atoms with E-state index in [4.69, 9.17) is 16.2 Å². The van der Waals surface area contributed by atoms with Crippen molar-refractivity contribution in [1.29, 1.82) is 0 Å². The molecule has 1 rings (SSSR count). The zero-order chi connectivity index (χ0) is 13.5. The summed E-state index contributed by atoms with van der Waals surface area (Å²) in [6.45, 7) is 0.375. The van der Waals surface area contributed by atoms with Crippen molar-refractivity contribution in [1.82, 2.24) is 5.32 Å². The maximum absolute atomic E-state index is 11.9. The molecular formula is C12H17N3O3. The van der Waals surface area contributed by atoms with E-state index in [1.807, 2.05) is 0 Å². The molecule has 2 amide bonds. The Hall–Kier alpha value is -2.24. The molecule has 0 saturated heterocycles. The van der Waals surface area contributed by atoms with Gasteiger partial charge in [0.15, 0.2) is 0 Å². The predicted octanol–water partition coefficient (Wildman–Crippen LogP) is 0.273. The van der Waals surface area contributed by atoms with Gasteiger partial charge in [-0.2, -0.15) is 0 Å². The summed E-state index contributed by atoms with van der Waals surface area (Å²) in [6, 6.07) is 4.83. The molecule has 0 saturated carbocycles. The third-order valence-electron chi connectivity index (χ3n) is 2.35. The van der Waals surface area contributed by atoms with E-state index in [2.05, 4.69) is 5.32 Å². The van der Waals surface area contributed by atoms with Gasteiger partial charge in [0, 0.05) is 18.7 Å². The molecule has 18 heavy (non-hydrogen) atoms. The molecule has 1 aromatic rings. The number of hydrogen-bond acceptors (Lipinski definition) is 4. The molecule has 0 unspecified atom stereocenters. The number of amides is 2. The number of ether oxygens (including phenoxy) is 1. The molecule has 5 N–H and O–H groups in total. The van der Waals surface area contributed by atoms with Gasteiger partial charge in [-0.3, -0.25) is 9.59 Å². The molecule has 0 aliphatic rings. The van der Waals surface area contributed by atoms with Crippen LogP contribution in [-0.4, -0.2) is 25.5 Å². The van der Waals surface area contributed by atoms with Gasteiger partial charge in [-0.25, -0.2) is 0 Å². The van der Waals surface area contributed by atoms with Crippen LogP contribution in [0.15, 0.2) is 18.2 Å². The van der Waals surface area contributed by atoms with Gasteiger partial charge in [0.1, 0.15) is 5.75 Å². The van der Waals surface area contributed by atoms with Crippen LogP contribution in [0.3, 0.4) is 0 Å². The third kappa shape index (κ3) is 3.97. The van der Waals surface area contributed by atoms with Crippen LogP contribution in [-0.2, 0) is 4.79 Å². The third-order valence-corrected chi connectivity index (χ3v) is 2.35. The Bertz CT molecular complexity index is 446. The molecule has 6 heteroatoms. The summed E-state index contributed by atoms with van der Waals surface area (Å²) in [5.74, 6) is -0.217. The average Bonchev–Trinajstić information content (AvgIpc) is 2.34. The standard InChI is InChI=1S/C12H17N3O3/c1-18-10-5-4-8(13)7-9(10)12(17)15-6-2-3-11(14)16/h4-5,7H,2-3,6,13H2,1H3,(H2,14,16)(H,15,17). The minimum absolute atomic E-state index is 0.244. The molecule has 0 atom stereocenters. The SMILES string of the molecule is COc1ccc(N)cc1C(=O)NCCCC(N)=O. The quantitative estimate of drug-likeness (QED) is 0.498. The van der Waals surface area contributed by atoms with Crippen molar-refractivity contribution in [3.63, 3.8) is 0 Å². The fourth-order valence-corrected chi connectivity index (χ4v) is 1.46. The number of rotatable bonds is 6. The van der Waals surface area contributed by atoms with Gasteiger partial charge in [0.05, 0.1) is 12.7 Å². The highest BCUT2D eigenvalue weighted by atomic mass is 16.5. The molecular weight excluding hydrogens is 234 g/mol. The first kappa shape index (κ1) is 13.8. The number of carbonyl (C=O) groups excluding carboxylic acids is 2. The van der Waals surface area contributed by atoms with Crippen LogP contribution >= 0.6 is 0 Å². The number of nitrogens with two attached hydrogens (primary N) is 2. The van der Waals surface area contributed by atoms with Crippen molar-refractivity contribution in [2.45, 2.75) is 12.8 Å². The summed E-state index contributed by atoms with van der Waals surface area (Å²) in [7, 11) is 1.48. The van der Waals surface area contributed by atoms with Crippen molar-refractivity contribution in [2.24, 2.45) is 5.73 Å². The van der Waals surface area contributed by atoms with Crippen LogP contribution in [0.25, 0.3) is 0 Å². The number of anilines is 1. The first-order chi connectivity index (χ1) is 8.54. The van der Waals surface area contributed by atoms with Crippen LogP contribution in [0, 0.1) is 0 Å². The van der Waals surface area contributed by atoms with Crippen LogP contribution in [0.4, 0.5) is 5.69 Å². The lowest BCUT2D eigenvalue weighted by molar-refractivity contribution is -0.118. The van der Waals surface area contributed by atoms with E-state index >= 15 is 0 Å². The van der Waals surface area contributed by atoms with Gasteiger partial charge in [-0.05, 0) is 24.6 Å². The zero-order valence-electron chi connectivity index (χ0n) is 10.2. The van der Waals surface area contributed by atoms with E-state index < -0.39 is 0 Å². The van der Waals surface area contributed by atoms with E-state index in [9.17, 15) is 9.59 Å². The van der Waals surface area contributed by atoms with Crippen molar-refractivity contribution < 1.29 is 14.3 Å². The normalized spacial score (nSPS) is 9.83. The average molecular weight is 251 g/mol. The fraction of sp³-hybridized carbons (Fsp3) is 0.333. The number of hydrogen-bond donors (Lipinski definition) is 3. The summed E-state index contributed by atoms with van der Waals surface area (Å²) >= 11 is 0. The Labute approximate surface area is 105 Å². The number of nitrogens with one attached hydrogen (secondary N) is 1. The van der Waals surface area contributed by atoms with Gasteiger partial charge in [-0.1, -0.05) is 0 Å². The predicted molar refractivity (Wildman–Crippen MR) is 68.2 cm³/mol. The lowest BCUT2D eigenvalue weighted by Gasteiger charge is -2.09. The Morgan fingerprint density at radius 3 is 2.72 bits per heavy atom. The first-order valence-electron chi connectivity index (χ1n) is 5.54. The molecule has 1 aromatic carbocycles. The van der Waals surface area contributed by atoms with Crippen molar-refractivity contribution in [3.05, 3.63) is 23.8 Å². The van der Waals surface area contributed by atoms with Crippen LogP contribution in [0.2, 0.25) is 0 Å². The molecule has 0 spiro atoms. The van der Waals surface area contributed by atoms with Crippen molar-refractivity contribution in [3.8, 4) is 5.75 Å². The summed E-state index contributed by atoms with van der Waals surface area (Å²) < 4.78 is 5.08. The molecule has 98 valence electrons. The van der Waals surface area contributed by atoms with Crippen LogP contribution in [0.1, 0.15) is 23.2 Å². The maximum Gasteiger partial charge on any atom is 0.255 e. The smallest absolute Gasteiger partial charge is 0.255 e. The Morgan fingerprint density at radius 1 is 1.39 bits per heavy atom. The summed E-state index contributed by atoms with van der Waals surface area (Å²) in [5, 5.41) is 2.67. The van der Waals surface area contributed by atoms with E-state index in [0.29, 0.717) is 30.0 Å². The number of nitrogen functional groups attached to an aromatic ring is 1. The fourth-order valence-electron chi connectivity index (χ4n) is 1.46. The molecule has 0 aliphatic carbocycles. The second-order valence-electron chi connectivity index (χ2n) is 3.79. The highest BCUT2D eigenvalue weighted by molar-refractivity contribution is 5.97.